The fourth-order valence-electron chi connectivity index (χ4n) is 1.53. The Kier molecular flexibility index (Phi) is 4.47. The van der Waals surface area contributed by atoms with Crippen LogP contribution in [0.5, 0.6) is 5.75 Å². The number of aromatic nitrogens is 1. The predicted octanol–water partition coefficient (Wildman–Crippen LogP) is 3.27. The number of halogens is 1. The van der Waals surface area contributed by atoms with Crippen LogP contribution in [0.4, 0.5) is 4.39 Å². The maximum Gasteiger partial charge on any atom is 0.328 e. The molecule has 0 saturated heterocycles. The highest BCUT2D eigenvalue weighted by Crippen LogP contribution is 2.20. The lowest BCUT2D eigenvalue weighted by atomic mass is 10.2. The molecule has 1 aromatic heterocycles. The molecule has 2 aromatic rings. The van der Waals surface area contributed by atoms with Gasteiger partial charge in [-0.15, -0.1) is 11.3 Å². The molecule has 0 aliphatic carbocycles. The van der Waals surface area contributed by atoms with Crippen molar-refractivity contribution in [1.82, 2.24) is 4.98 Å². The van der Waals surface area contributed by atoms with Crippen LogP contribution in [0.25, 0.3) is 6.08 Å². The SMILES string of the molecule is Cc1nc(COc2ccc(/C=C/C(=O)O)cc2F)cs1. The highest BCUT2D eigenvalue weighted by Gasteiger charge is 2.06. The second kappa shape index (κ2) is 6.29. The molecule has 2 rings (SSSR count). The number of hydrogen-bond donors (Lipinski definition) is 1. The number of aliphatic carboxylic acids is 1. The number of ether oxygens (including phenoxy) is 1. The molecule has 0 amide bonds. The summed E-state index contributed by atoms with van der Waals surface area (Å²) >= 11 is 1.51. The van der Waals surface area contributed by atoms with Crippen molar-refractivity contribution in [2.75, 3.05) is 0 Å². The summed E-state index contributed by atoms with van der Waals surface area (Å²) in [4.78, 5) is 14.6. The van der Waals surface area contributed by atoms with E-state index in [1.807, 2.05) is 12.3 Å². The molecule has 1 heterocycles. The fraction of sp³-hybridized carbons (Fsp3) is 0.143. The Morgan fingerprint density at radius 3 is 2.95 bits per heavy atom. The highest BCUT2D eigenvalue weighted by molar-refractivity contribution is 7.09. The van der Waals surface area contributed by atoms with Gasteiger partial charge in [-0.3, -0.25) is 0 Å². The van der Waals surface area contributed by atoms with E-state index in [1.54, 1.807) is 6.07 Å². The first kappa shape index (κ1) is 14.2. The molecule has 6 heteroatoms. The van der Waals surface area contributed by atoms with Gasteiger partial charge in [0.2, 0.25) is 0 Å². The summed E-state index contributed by atoms with van der Waals surface area (Å²) in [6.07, 6.45) is 2.27. The van der Waals surface area contributed by atoms with E-state index < -0.39 is 11.8 Å². The Balaban J connectivity index is 2.04. The van der Waals surface area contributed by atoms with Gasteiger partial charge in [0.15, 0.2) is 11.6 Å². The van der Waals surface area contributed by atoms with E-state index in [-0.39, 0.29) is 12.4 Å². The third-order valence-corrected chi connectivity index (χ3v) is 3.24. The largest absolute Gasteiger partial charge is 0.484 e. The Morgan fingerprint density at radius 2 is 2.35 bits per heavy atom. The van der Waals surface area contributed by atoms with Gasteiger partial charge < -0.3 is 9.84 Å². The summed E-state index contributed by atoms with van der Waals surface area (Å²) in [7, 11) is 0. The number of carboxylic acids is 1. The molecular weight excluding hydrogens is 281 g/mol. The van der Waals surface area contributed by atoms with Gasteiger partial charge in [-0.1, -0.05) is 6.07 Å². The lowest BCUT2D eigenvalue weighted by Crippen LogP contribution is -1.98. The molecule has 1 aromatic carbocycles. The van der Waals surface area contributed by atoms with Crippen molar-refractivity contribution in [2.45, 2.75) is 13.5 Å². The number of hydrogen-bond acceptors (Lipinski definition) is 4. The Labute approximate surface area is 119 Å². The number of thiazole rings is 1. The summed E-state index contributed by atoms with van der Waals surface area (Å²) in [5.41, 5.74) is 1.21. The van der Waals surface area contributed by atoms with Gasteiger partial charge in [0, 0.05) is 11.5 Å². The molecule has 0 radical (unpaired) electrons. The van der Waals surface area contributed by atoms with Crippen LogP contribution in [0.15, 0.2) is 29.7 Å². The summed E-state index contributed by atoms with van der Waals surface area (Å²) in [5.74, 6) is -1.50. The molecule has 0 saturated carbocycles. The third kappa shape index (κ3) is 3.89. The Bertz CT molecular complexity index is 652. The van der Waals surface area contributed by atoms with Gasteiger partial charge in [-0.05, 0) is 30.7 Å². The van der Waals surface area contributed by atoms with Crippen LogP contribution in [0.3, 0.4) is 0 Å². The van der Waals surface area contributed by atoms with Gasteiger partial charge in [0.1, 0.15) is 6.61 Å². The minimum Gasteiger partial charge on any atom is -0.484 e. The molecule has 4 nitrogen and oxygen atoms in total. The first-order valence-electron chi connectivity index (χ1n) is 5.79. The van der Waals surface area contributed by atoms with Crippen LogP contribution in [0.2, 0.25) is 0 Å². The van der Waals surface area contributed by atoms with E-state index in [4.69, 9.17) is 9.84 Å². The van der Waals surface area contributed by atoms with Gasteiger partial charge in [-0.25, -0.2) is 14.2 Å². The van der Waals surface area contributed by atoms with Gasteiger partial charge in [0.25, 0.3) is 0 Å². The monoisotopic (exact) mass is 293 g/mol. The molecule has 0 fully saturated rings. The summed E-state index contributed by atoms with van der Waals surface area (Å²) in [6.45, 7) is 2.09. The van der Waals surface area contributed by atoms with Crippen molar-refractivity contribution in [3.05, 3.63) is 51.7 Å². The zero-order valence-electron chi connectivity index (χ0n) is 10.7. The first-order chi connectivity index (χ1) is 9.54. The molecule has 0 spiro atoms. The summed E-state index contributed by atoms with van der Waals surface area (Å²) in [5, 5.41) is 11.3. The van der Waals surface area contributed by atoms with Gasteiger partial charge >= 0.3 is 5.97 Å². The number of carboxylic acid groups (broad SMARTS) is 1. The Hall–Kier alpha value is -2.21. The molecule has 0 atom stereocenters. The van der Waals surface area contributed by atoms with Crippen molar-refractivity contribution in [2.24, 2.45) is 0 Å². The van der Waals surface area contributed by atoms with E-state index in [2.05, 4.69) is 4.98 Å². The number of carbonyl (C=O) groups is 1. The van der Waals surface area contributed by atoms with Crippen LogP contribution in [0, 0.1) is 12.7 Å². The zero-order valence-corrected chi connectivity index (χ0v) is 11.5. The molecule has 0 aliphatic heterocycles. The lowest BCUT2D eigenvalue weighted by Gasteiger charge is -2.06. The van der Waals surface area contributed by atoms with Crippen LogP contribution < -0.4 is 4.74 Å². The van der Waals surface area contributed by atoms with Crippen molar-refractivity contribution in [1.29, 1.82) is 0 Å². The minimum absolute atomic E-state index is 0.114. The zero-order chi connectivity index (χ0) is 14.5. The number of nitrogens with zero attached hydrogens (tertiary/aromatic N) is 1. The molecule has 0 unspecified atom stereocenters. The van der Waals surface area contributed by atoms with Crippen LogP contribution >= 0.6 is 11.3 Å². The maximum absolute atomic E-state index is 13.8. The van der Waals surface area contributed by atoms with E-state index in [1.165, 1.54) is 29.5 Å². The average molecular weight is 293 g/mol. The molecule has 1 N–H and O–H groups in total. The molecule has 0 bridgehead atoms. The van der Waals surface area contributed by atoms with Crippen molar-refractivity contribution in [3.8, 4) is 5.75 Å². The summed E-state index contributed by atoms with van der Waals surface area (Å²) < 4.78 is 19.1. The Morgan fingerprint density at radius 1 is 1.55 bits per heavy atom. The number of rotatable bonds is 5. The molecule has 104 valence electrons. The van der Waals surface area contributed by atoms with Crippen molar-refractivity contribution >= 4 is 23.4 Å². The third-order valence-electron chi connectivity index (χ3n) is 2.42. The number of benzene rings is 1. The van der Waals surface area contributed by atoms with E-state index >= 15 is 0 Å². The van der Waals surface area contributed by atoms with Crippen LogP contribution in [-0.4, -0.2) is 16.1 Å². The topological polar surface area (TPSA) is 59.4 Å². The molecular formula is C14H12FNO3S. The van der Waals surface area contributed by atoms with E-state index in [0.717, 1.165) is 16.8 Å². The standard InChI is InChI=1S/C14H12FNO3S/c1-9-16-11(8-20-9)7-19-13-4-2-10(6-12(13)15)3-5-14(17)18/h2-6,8H,7H2,1H3,(H,17,18)/b5-3+. The van der Waals surface area contributed by atoms with Crippen LogP contribution in [-0.2, 0) is 11.4 Å². The second-order valence-corrected chi connectivity index (χ2v) is 5.07. The summed E-state index contributed by atoms with van der Waals surface area (Å²) in [6, 6.07) is 4.28. The second-order valence-electron chi connectivity index (χ2n) is 4.01. The lowest BCUT2D eigenvalue weighted by molar-refractivity contribution is -0.131. The fourth-order valence-corrected chi connectivity index (χ4v) is 2.13. The molecule has 0 aliphatic rings. The van der Waals surface area contributed by atoms with Crippen molar-refractivity contribution < 1.29 is 19.0 Å². The van der Waals surface area contributed by atoms with Gasteiger partial charge in [-0.2, -0.15) is 0 Å². The van der Waals surface area contributed by atoms with E-state index in [0.29, 0.717) is 5.56 Å². The average Bonchev–Trinajstić information content (AvgIpc) is 2.81. The van der Waals surface area contributed by atoms with Crippen LogP contribution in [0.1, 0.15) is 16.3 Å². The van der Waals surface area contributed by atoms with Gasteiger partial charge in [0.05, 0.1) is 10.7 Å². The van der Waals surface area contributed by atoms with E-state index in [9.17, 15) is 9.18 Å². The first-order valence-corrected chi connectivity index (χ1v) is 6.67. The molecule has 20 heavy (non-hydrogen) atoms. The highest BCUT2D eigenvalue weighted by atomic mass is 32.1. The number of aryl methyl sites for hydroxylation is 1. The smallest absolute Gasteiger partial charge is 0.328 e. The van der Waals surface area contributed by atoms with Crippen molar-refractivity contribution in [3.63, 3.8) is 0 Å². The predicted molar refractivity (Wildman–Crippen MR) is 74.3 cm³/mol. The maximum atomic E-state index is 13.8. The minimum atomic E-state index is -1.08. The quantitative estimate of drug-likeness (QED) is 0.860. The normalized spacial score (nSPS) is 10.9.